The van der Waals surface area contributed by atoms with Gasteiger partial charge in [0.2, 0.25) is 0 Å². The third kappa shape index (κ3) is 4.52. The molecule has 28 heavy (non-hydrogen) atoms. The monoisotopic (exact) mass is 395 g/mol. The summed E-state index contributed by atoms with van der Waals surface area (Å²) >= 11 is 1.32. The van der Waals surface area contributed by atoms with Gasteiger partial charge in [0.25, 0.3) is 5.91 Å². The van der Waals surface area contributed by atoms with Crippen molar-refractivity contribution >= 4 is 29.3 Å². The lowest BCUT2D eigenvalue weighted by atomic mass is 10.1. The molecule has 144 valence electrons. The van der Waals surface area contributed by atoms with Crippen molar-refractivity contribution in [3.8, 4) is 6.07 Å². The van der Waals surface area contributed by atoms with E-state index in [-0.39, 0.29) is 11.1 Å². The Kier molecular flexibility index (Phi) is 6.00. The third-order valence-corrected chi connectivity index (χ3v) is 5.15. The van der Waals surface area contributed by atoms with Gasteiger partial charge >= 0.3 is 5.97 Å². The second-order valence-corrected chi connectivity index (χ2v) is 7.57. The number of anilines is 1. The van der Waals surface area contributed by atoms with Crippen molar-refractivity contribution in [2.75, 3.05) is 11.6 Å². The Hall–Kier alpha value is -2.85. The summed E-state index contributed by atoms with van der Waals surface area (Å²) in [5.74, 6) is -0.797. The molecule has 0 radical (unpaired) electrons. The van der Waals surface area contributed by atoms with Crippen LogP contribution in [0.15, 0.2) is 35.4 Å². The maximum atomic E-state index is 12.7. The average Bonchev–Trinajstić information content (AvgIpc) is 3.52. The van der Waals surface area contributed by atoms with Crippen LogP contribution in [0.25, 0.3) is 0 Å². The molecule has 1 atom stereocenters. The molecule has 6 nitrogen and oxygen atoms in total. The summed E-state index contributed by atoms with van der Waals surface area (Å²) < 4.78 is 5.36. The number of thioether (sulfide) groups is 1. The number of nitriles is 1. The number of carbonyl (C=O) groups is 2. The number of nitrogens with one attached hydrogen (secondary N) is 1. The van der Waals surface area contributed by atoms with Gasteiger partial charge < -0.3 is 10.1 Å². The van der Waals surface area contributed by atoms with Crippen LogP contribution >= 0.6 is 11.8 Å². The first-order chi connectivity index (χ1) is 13.4. The second-order valence-electron chi connectivity index (χ2n) is 6.77. The number of rotatable bonds is 6. The molecule has 1 aromatic carbocycles. The van der Waals surface area contributed by atoms with Gasteiger partial charge in [-0.2, -0.15) is 5.26 Å². The van der Waals surface area contributed by atoms with Gasteiger partial charge in [0.1, 0.15) is 11.1 Å². The van der Waals surface area contributed by atoms with Crippen molar-refractivity contribution in [2.24, 2.45) is 0 Å². The molecule has 1 N–H and O–H groups in total. The maximum Gasteiger partial charge on any atom is 0.340 e. The highest BCUT2D eigenvalue weighted by atomic mass is 32.2. The lowest BCUT2D eigenvalue weighted by Crippen LogP contribution is -2.30. The van der Waals surface area contributed by atoms with Gasteiger partial charge in [0.05, 0.1) is 11.1 Å². The highest BCUT2D eigenvalue weighted by molar-refractivity contribution is 7.98. The van der Waals surface area contributed by atoms with E-state index in [9.17, 15) is 14.9 Å². The Bertz CT molecular complexity index is 964. The third-order valence-electron chi connectivity index (χ3n) is 4.47. The normalized spacial score (nSPS) is 14.1. The van der Waals surface area contributed by atoms with E-state index in [0.717, 1.165) is 24.1 Å². The summed E-state index contributed by atoms with van der Waals surface area (Å²) in [6.07, 6.45) is 2.86. The first-order valence-electron chi connectivity index (χ1n) is 9.00. The predicted octanol–water partition coefficient (Wildman–Crippen LogP) is 4.05. The first kappa shape index (κ1) is 19.9. The van der Waals surface area contributed by atoms with Gasteiger partial charge in [0, 0.05) is 17.3 Å². The summed E-state index contributed by atoms with van der Waals surface area (Å²) in [5.41, 5.74) is 2.80. The molecule has 0 saturated heterocycles. The largest absolute Gasteiger partial charge is 0.449 e. The number of pyridine rings is 1. The molecule has 0 bridgehead atoms. The Morgan fingerprint density at radius 2 is 2.11 bits per heavy atom. The number of aryl methyl sites for hydroxylation is 1. The van der Waals surface area contributed by atoms with Crippen LogP contribution < -0.4 is 5.32 Å². The molecule has 1 amide bonds. The molecule has 1 fully saturated rings. The fourth-order valence-electron chi connectivity index (χ4n) is 2.79. The van der Waals surface area contributed by atoms with Crippen LogP contribution in [0.2, 0.25) is 0 Å². The molecular weight excluding hydrogens is 374 g/mol. The van der Waals surface area contributed by atoms with Crippen LogP contribution in [0.3, 0.4) is 0 Å². The quantitative estimate of drug-likeness (QED) is 0.586. The topological polar surface area (TPSA) is 92.1 Å². The van der Waals surface area contributed by atoms with E-state index >= 15 is 0 Å². The lowest BCUT2D eigenvalue weighted by molar-refractivity contribution is -0.123. The van der Waals surface area contributed by atoms with E-state index in [1.165, 1.54) is 18.7 Å². The number of benzene rings is 1. The number of hydrogen-bond donors (Lipinski definition) is 1. The first-order valence-corrected chi connectivity index (χ1v) is 10.2. The lowest BCUT2D eigenvalue weighted by Gasteiger charge is -2.15. The predicted molar refractivity (Wildman–Crippen MR) is 107 cm³/mol. The van der Waals surface area contributed by atoms with Crippen molar-refractivity contribution in [1.82, 2.24) is 4.98 Å². The van der Waals surface area contributed by atoms with Crippen molar-refractivity contribution in [2.45, 2.75) is 43.7 Å². The number of esters is 1. The molecule has 1 aromatic heterocycles. The molecular formula is C21H21N3O3S. The van der Waals surface area contributed by atoms with E-state index in [0.29, 0.717) is 16.6 Å². The van der Waals surface area contributed by atoms with Gasteiger partial charge in [-0.1, -0.05) is 12.1 Å². The van der Waals surface area contributed by atoms with Crippen LogP contribution in [0.5, 0.6) is 0 Å². The molecule has 1 saturated carbocycles. The van der Waals surface area contributed by atoms with Gasteiger partial charge in [-0.25, -0.2) is 9.78 Å². The van der Waals surface area contributed by atoms with Gasteiger partial charge in [-0.3, -0.25) is 4.79 Å². The standard InChI is InChI=1S/C21H21N3O3S/c1-12-5-4-6-15(9-12)23-19(25)13(2)27-21(26)16-10-18(14-7-8-14)24-20(28-3)17(16)11-22/h4-6,9-10,13-14H,7-8H2,1-3H3,(H,23,25). The minimum Gasteiger partial charge on any atom is -0.449 e. The zero-order valence-corrected chi connectivity index (χ0v) is 16.8. The second kappa shape index (κ2) is 8.44. The van der Waals surface area contributed by atoms with Crippen molar-refractivity contribution in [3.63, 3.8) is 0 Å². The number of amides is 1. The van der Waals surface area contributed by atoms with Gasteiger partial charge in [-0.05, 0) is 56.7 Å². The molecule has 3 rings (SSSR count). The number of hydrogen-bond acceptors (Lipinski definition) is 6. The molecule has 0 spiro atoms. The summed E-state index contributed by atoms with van der Waals surface area (Å²) in [5, 5.41) is 12.7. The number of aromatic nitrogens is 1. The maximum absolute atomic E-state index is 12.7. The Balaban J connectivity index is 1.77. The van der Waals surface area contributed by atoms with Crippen molar-refractivity contribution < 1.29 is 14.3 Å². The highest BCUT2D eigenvalue weighted by Gasteiger charge is 2.30. The molecule has 7 heteroatoms. The molecule has 1 unspecified atom stereocenters. The summed E-state index contributed by atoms with van der Waals surface area (Å²) in [7, 11) is 0. The molecule has 0 aliphatic heterocycles. The van der Waals surface area contributed by atoms with Gasteiger partial charge in [0.15, 0.2) is 6.10 Å². The molecule has 2 aromatic rings. The van der Waals surface area contributed by atoms with Crippen LogP contribution in [0.4, 0.5) is 5.69 Å². The van der Waals surface area contributed by atoms with E-state index in [1.807, 2.05) is 37.4 Å². The molecule has 1 heterocycles. The van der Waals surface area contributed by atoms with Crippen LogP contribution in [0, 0.1) is 18.3 Å². The van der Waals surface area contributed by atoms with E-state index in [2.05, 4.69) is 10.3 Å². The molecule has 1 aliphatic rings. The van der Waals surface area contributed by atoms with Crippen LogP contribution in [-0.4, -0.2) is 29.2 Å². The summed E-state index contributed by atoms with van der Waals surface area (Å²) in [4.78, 5) is 29.6. The summed E-state index contributed by atoms with van der Waals surface area (Å²) in [6, 6.07) is 11.0. The highest BCUT2D eigenvalue weighted by Crippen LogP contribution is 2.40. The fraction of sp³-hybridized carbons (Fsp3) is 0.333. The van der Waals surface area contributed by atoms with Crippen molar-refractivity contribution in [1.29, 1.82) is 5.26 Å². The van der Waals surface area contributed by atoms with Gasteiger partial charge in [-0.15, -0.1) is 11.8 Å². The smallest absolute Gasteiger partial charge is 0.340 e. The average molecular weight is 395 g/mol. The van der Waals surface area contributed by atoms with Crippen molar-refractivity contribution in [3.05, 3.63) is 52.7 Å². The number of carbonyl (C=O) groups excluding carboxylic acids is 2. The number of ether oxygens (including phenoxy) is 1. The summed E-state index contributed by atoms with van der Waals surface area (Å²) in [6.45, 7) is 3.43. The Morgan fingerprint density at radius 1 is 1.36 bits per heavy atom. The minimum absolute atomic E-state index is 0.166. The SMILES string of the molecule is CSc1nc(C2CC2)cc(C(=O)OC(C)C(=O)Nc2cccc(C)c2)c1C#N. The Morgan fingerprint density at radius 3 is 2.71 bits per heavy atom. The zero-order chi connectivity index (χ0) is 20.3. The minimum atomic E-state index is -1.00. The van der Waals surface area contributed by atoms with Crippen LogP contribution in [0.1, 0.15) is 52.9 Å². The molecule has 1 aliphatic carbocycles. The van der Waals surface area contributed by atoms with E-state index in [4.69, 9.17) is 4.74 Å². The Labute approximate surface area is 168 Å². The zero-order valence-electron chi connectivity index (χ0n) is 16.0. The fourth-order valence-corrected chi connectivity index (χ4v) is 3.35. The van der Waals surface area contributed by atoms with E-state index < -0.39 is 18.0 Å². The van der Waals surface area contributed by atoms with E-state index in [1.54, 1.807) is 12.1 Å². The number of nitrogens with zero attached hydrogens (tertiary/aromatic N) is 2. The van der Waals surface area contributed by atoms with Crippen LogP contribution in [-0.2, 0) is 9.53 Å².